The molecule has 0 bridgehead atoms. The molecule has 0 amide bonds. The Morgan fingerprint density at radius 2 is 1.40 bits per heavy atom. The van der Waals surface area contributed by atoms with E-state index in [4.69, 9.17) is 4.74 Å². The summed E-state index contributed by atoms with van der Waals surface area (Å²) >= 11 is 0. The maximum atomic E-state index is 11.3. The lowest BCUT2D eigenvalue weighted by Crippen LogP contribution is -2.03. The Kier molecular flexibility index (Phi) is 11.8. The number of unbranched alkanes of at least 4 members (excludes halogenated alkanes) is 11. The topological polar surface area (TPSA) is 46.5 Å². The molecule has 0 atom stereocenters. The van der Waals surface area contributed by atoms with Gasteiger partial charge in [-0.05, 0) is 36.6 Å². The van der Waals surface area contributed by atoms with Crippen LogP contribution in [-0.4, -0.2) is 18.2 Å². The molecule has 1 N–H and O–H groups in total. The number of carboxylic acid groups (broad SMARTS) is 1. The molecule has 3 heteroatoms. The van der Waals surface area contributed by atoms with E-state index in [0.29, 0.717) is 5.56 Å². The average Bonchev–Trinajstić information content (AvgIpc) is 2.62. The Bertz CT molecular complexity index is 482. The molecule has 0 fully saturated rings. The van der Waals surface area contributed by atoms with Crippen molar-refractivity contribution in [3.63, 3.8) is 0 Å². The number of methoxy groups -OCH3 is 1. The predicted molar refractivity (Wildman–Crippen MR) is 105 cm³/mol. The maximum Gasteiger partial charge on any atom is 0.335 e. The van der Waals surface area contributed by atoms with Crippen LogP contribution in [0.1, 0.15) is 99.9 Å². The minimum absolute atomic E-state index is 0.406. The summed E-state index contributed by atoms with van der Waals surface area (Å²) in [6, 6.07) is 5.23. The molecule has 0 saturated heterocycles. The van der Waals surface area contributed by atoms with Crippen LogP contribution in [0.25, 0.3) is 0 Å². The minimum atomic E-state index is -0.850. The maximum absolute atomic E-state index is 11.3. The molecule has 0 radical (unpaired) electrons. The highest BCUT2D eigenvalue weighted by Gasteiger charge is 2.10. The van der Waals surface area contributed by atoms with Crippen LogP contribution in [0.15, 0.2) is 18.2 Å². The molecule has 0 spiro atoms. The highest BCUT2D eigenvalue weighted by Crippen LogP contribution is 2.20. The van der Waals surface area contributed by atoms with E-state index >= 15 is 0 Å². The van der Waals surface area contributed by atoms with Gasteiger partial charge >= 0.3 is 5.97 Å². The second-order valence-electron chi connectivity index (χ2n) is 6.97. The van der Waals surface area contributed by atoms with Crippen molar-refractivity contribution in [3.05, 3.63) is 29.3 Å². The lowest BCUT2D eigenvalue weighted by molar-refractivity contribution is 0.0695. The van der Waals surface area contributed by atoms with Crippen molar-refractivity contribution in [3.8, 4) is 5.75 Å². The normalized spacial score (nSPS) is 10.8. The summed E-state index contributed by atoms with van der Waals surface area (Å²) in [6.07, 6.45) is 16.6. The first kappa shape index (κ1) is 21.5. The number of aryl methyl sites for hydroxylation is 1. The Morgan fingerprint density at radius 1 is 0.880 bits per heavy atom. The fraction of sp³-hybridized carbons (Fsp3) is 0.682. The summed E-state index contributed by atoms with van der Waals surface area (Å²) in [4.78, 5) is 11.3. The molecule has 0 aromatic heterocycles. The molecule has 0 heterocycles. The number of hydrogen-bond donors (Lipinski definition) is 1. The molecule has 0 aliphatic heterocycles. The molecule has 25 heavy (non-hydrogen) atoms. The molecule has 1 aromatic rings. The first-order valence-corrected chi connectivity index (χ1v) is 10.1. The van der Waals surface area contributed by atoms with Gasteiger partial charge < -0.3 is 9.84 Å². The van der Waals surface area contributed by atoms with Crippen molar-refractivity contribution in [1.29, 1.82) is 0 Å². The van der Waals surface area contributed by atoms with Crippen LogP contribution in [0.5, 0.6) is 5.75 Å². The second kappa shape index (κ2) is 13.7. The largest absolute Gasteiger partial charge is 0.497 e. The standard InChI is InChI=1S/C22H36O3/c1-3-4-5-6-7-8-9-10-11-12-13-14-15-19-18-20(25-2)16-17-21(19)22(23)24/h16-18H,3-15H2,1-2H3,(H,23,24). The molecular weight excluding hydrogens is 312 g/mol. The zero-order valence-electron chi connectivity index (χ0n) is 16.2. The molecule has 0 unspecified atom stereocenters. The highest BCUT2D eigenvalue weighted by molar-refractivity contribution is 5.89. The molecule has 0 aliphatic carbocycles. The van der Waals surface area contributed by atoms with Gasteiger partial charge in [0.05, 0.1) is 12.7 Å². The molecule has 1 aromatic carbocycles. The minimum Gasteiger partial charge on any atom is -0.497 e. The summed E-state index contributed by atoms with van der Waals surface area (Å²) in [6.45, 7) is 2.26. The van der Waals surface area contributed by atoms with Gasteiger partial charge in [-0.2, -0.15) is 0 Å². The van der Waals surface area contributed by atoms with E-state index in [0.717, 1.165) is 24.2 Å². The Labute approximate surface area is 153 Å². The van der Waals surface area contributed by atoms with Gasteiger partial charge in [0.1, 0.15) is 5.75 Å². The number of ether oxygens (including phenoxy) is 1. The van der Waals surface area contributed by atoms with E-state index in [1.54, 1.807) is 19.2 Å². The van der Waals surface area contributed by atoms with Crippen LogP contribution in [0.2, 0.25) is 0 Å². The van der Waals surface area contributed by atoms with Gasteiger partial charge in [-0.1, -0.05) is 77.6 Å². The van der Waals surface area contributed by atoms with Gasteiger partial charge in [0.2, 0.25) is 0 Å². The van der Waals surface area contributed by atoms with Gasteiger partial charge in [-0.3, -0.25) is 0 Å². The second-order valence-corrected chi connectivity index (χ2v) is 6.97. The van der Waals surface area contributed by atoms with Crippen molar-refractivity contribution in [1.82, 2.24) is 0 Å². The molecule has 1 rings (SSSR count). The molecule has 0 saturated carbocycles. The smallest absolute Gasteiger partial charge is 0.335 e. The summed E-state index contributed by atoms with van der Waals surface area (Å²) in [5.74, 6) is -0.115. The number of benzene rings is 1. The van der Waals surface area contributed by atoms with E-state index in [1.807, 2.05) is 6.07 Å². The monoisotopic (exact) mass is 348 g/mol. The Balaban J connectivity index is 2.11. The van der Waals surface area contributed by atoms with E-state index in [-0.39, 0.29) is 0 Å². The number of rotatable bonds is 15. The summed E-state index contributed by atoms with van der Waals surface area (Å²) in [5.41, 5.74) is 1.29. The van der Waals surface area contributed by atoms with E-state index in [2.05, 4.69) is 6.92 Å². The number of carboxylic acids is 1. The van der Waals surface area contributed by atoms with Gasteiger partial charge in [0.15, 0.2) is 0 Å². The average molecular weight is 349 g/mol. The molecular formula is C22H36O3. The van der Waals surface area contributed by atoms with Crippen molar-refractivity contribution >= 4 is 5.97 Å². The molecule has 3 nitrogen and oxygen atoms in total. The summed E-state index contributed by atoms with van der Waals surface area (Å²) in [7, 11) is 1.61. The third-order valence-corrected chi connectivity index (χ3v) is 4.84. The third kappa shape index (κ3) is 9.52. The predicted octanol–water partition coefficient (Wildman–Crippen LogP) is 6.64. The first-order chi connectivity index (χ1) is 12.2. The Morgan fingerprint density at radius 3 is 1.88 bits per heavy atom. The quantitative estimate of drug-likeness (QED) is 0.361. The van der Waals surface area contributed by atoms with Crippen molar-refractivity contribution < 1.29 is 14.6 Å². The van der Waals surface area contributed by atoms with Gasteiger partial charge in [0, 0.05) is 0 Å². The number of carbonyl (C=O) groups is 1. The van der Waals surface area contributed by atoms with Crippen LogP contribution < -0.4 is 4.74 Å². The van der Waals surface area contributed by atoms with Gasteiger partial charge in [0.25, 0.3) is 0 Å². The van der Waals surface area contributed by atoms with Crippen molar-refractivity contribution in [2.24, 2.45) is 0 Å². The van der Waals surface area contributed by atoms with Crippen molar-refractivity contribution in [2.45, 2.75) is 90.4 Å². The van der Waals surface area contributed by atoms with Gasteiger partial charge in [-0.25, -0.2) is 4.79 Å². The number of hydrogen-bond acceptors (Lipinski definition) is 2. The zero-order chi connectivity index (χ0) is 18.3. The fourth-order valence-corrected chi connectivity index (χ4v) is 3.27. The first-order valence-electron chi connectivity index (χ1n) is 10.1. The fourth-order valence-electron chi connectivity index (χ4n) is 3.27. The third-order valence-electron chi connectivity index (χ3n) is 4.84. The summed E-state index contributed by atoms with van der Waals surface area (Å²) in [5, 5.41) is 9.28. The van der Waals surface area contributed by atoms with E-state index < -0.39 is 5.97 Å². The summed E-state index contributed by atoms with van der Waals surface area (Å²) < 4.78 is 5.21. The van der Waals surface area contributed by atoms with Crippen LogP contribution in [0.3, 0.4) is 0 Å². The number of aromatic carboxylic acids is 1. The Hall–Kier alpha value is -1.51. The van der Waals surface area contributed by atoms with Crippen LogP contribution >= 0.6 is 0 Å². The lowest BCUT2D eigenvalue weighted by atomic mass is 9.99. The van der Waals surface area contributed by atoms with Gasteiger partial charge in [-0.15, -0.1) is 0 Å². The molecule has 0 aliphatic rings. The van der Waals surface area contributed by atoms with Crippen LogP contribution in [-0.2, 0) is 6.42 Å². The van der Waals surface area contributed by atoms with Crippen LogP contribution in [0.4, 0.5) is 0 Å². The van der Waals surface area contributed by atoms with Crippen LogP contribution in [0, 0.1) is 0 Å². The van der Waals surface area contributed by atoms with Crippen molar-refractivity contribution in [2.75, 3.05) is 7.11 Å². The zero-order valence-corrected chi connectivity index (χ0v) is 16.2. The highest BCUT2D eigenvalue weighted by atomic mass is 16.5. The lowest BCUT2D eigenvalue weighted by Gasteiger charge is -2.08. The van der Waals surface area contributed by atoms with E-state index in [1.165, 1.54) is 70.6 Å². The van der Waals surface area contributed by atoms with E-state index in [9.17, 15) is 9.90 Å². The molecule has 142 valence electrons. The SMILES string of the molecule is CCCCCCCCCCCCCCc1cc(OC)ccc1C(=O)O.